The quantitative estimate of drug-likeness (QED) is 0.568. The van der Waals surface area contributed by atoms with Crippen molar-refractivity contribution in [3.05, 3.63) is 59.7 Å². The molecule has 0 saturated heterocycles. The summed E-state index contributed by atoms with van der Waals surface area (Å²) in [6.45, 7) is 0.582. The van der Waals surface area contributed by atoms with E-state index in [0.29, 0.717) is 27.9 Å². The van der Waals surface area contributed by atoms with Crippen LogP contribution in [-0.4, -0.2) is 42.0 Å². The van der Waals surface area contributed by atoms with Gasteiger partial charge in [-0.05, 0) is 42.8 Å². The third kappa shape index (κ3) is 4.91. The summed E-state index contributed by atoms with van der Waals surface area (Å²) >= 11 is 0. The molecule has 1 aromatic carbocycles. The number of fused-ring (bicyclic) bond motifs is 1. The van der Waals surface area contributed by atoms with Crippen LogP contribution in [0.15, 0.2) is 53.2 Å². The second-order valence-electron chi connectivity index (χ2n) is 6.99. The highest BCUT2D eigenvalue weighted by atomic mass is 32.2. The molecule has 0 aliphatic heterocycles. The molecule has 2 N–H and O–H groups in total. The largest absolute Gasteiger partial charge is 0.465 e. The van der Waals surface area contributed by atoms with Crippen molar-refractivity contribution in [1.29, 1.82) is 0 Å². The number of alkyl halides is 1. The van der Waals surface area contributed by atoms with E-state index in [1.807, 2.05) is 0 Å². The number of carbonyl (C=O) groups is 1. The first-order valence-corrected chi connectivity index (χ1v) is 11.2. The number of benzene rings is 1. The topological polar surface area (TPSA) is 101 Å². The molecule has 0 fully saturated rings. The third-order valence-corrected chi connectivity index (χ3v) is 5.91. The summed E-state index contributed by atoms with van der Waals surface area (Å²) in [5.41, 5.74) is 2.92. The predicted octanol–water partition coefficient (Wildman–Crippen LogP) is 4.01. The Bertz CT molecular complexity index is 1280. The highest BCUT2D eigenvalue weighted by Gasteiger charge is 2.19. The number of rotatable bonds is 7. The highest BCUT2D eigenvalue weighted by Crippen LogP contribution is 2.35. The summed E-state index contributed by atoms with van der Waals surface area (Å²) in [6, 6.07) is 9.44. The van der Waals surface area contributed by atoms with Crippen molar-refractivity contribution in [3.8, 4) is 11.1 Å². The standard InChI is InChI=1S/C21H21F2N3O4S/c1-13-19(14-4-3-5-17(10-14)31(2,29)30)20-18(7-6-16(11-22)25-20)26(13)12-15(23)8-9-24-21(27)28/h3-8,10,24H,9,11-12H2,1-2H3,(H,27,28)/b15-8-. The van der Waals surface area contributed by atoms with E-state index >= 15 is 0 Å². The number of nitrogens with one attached hydrogen (secondary N) is 1. The van der Waals surface area contributed by atoms with E-state index < -0.39 is 28.4 Å². The normalized spacial score (nSPS) is 12.3. The molecule has 0 bridgehead atoms. The van der Waals surface area contributed by atoms with Gasteiger partial charge in [-0.15, -0.1) is 0 Å². The SMILES string of the molecule is Cc1c(-c2cccc(S(C)(=O)=O)c2)c2nc(CF)ccc2n1C/C(F)=C/CNC(=O)O. The molecule has 10 heteroatoms. The average Bonchev–Trinajstić information content (AvgIpc) is 2.97. The minimum atomic E-state index is -3.45. The molecule has 164 valence electrons. The maximum absolute atomic E-state index is 14.5. The summed E-state index contributed by atoms with van der Waals surface area (Å²) in [4.78, 5) is 15.0. The van der Waals surface area contributed by atoms with Crippen LogP contribution in [-0.2, 0) is 23.1 Å². The molecule has 0 unspecified atom stereocenters. The van der Waals surface area contributed by atoms with Crippen LogP contribution < -0.4 is 5.32 Å². The molecular weight excluding hydrogens is 428 g/mol. The van der Waals surface area contributed by atoms with Gasteiger partial charge in [0.1, 0.15) is 12.5 Å². The van der Waals surface area contributed by atoms with Gasteiger partial charge in [-0.25, -0.2) is 27.0 Å². The minimum Gasteiger partial charge on any atom is -0.465 e. The van der Waals surface area contributed by atoms with Gasteiger partial charge >= 0.3 is 6.09 Å². The summed E-state index contributed by atoms with van der Waals surface area (Å²) in [5.74, 6) is -0.570. The van der Waals surface area contributed by atoms with Crippen molar-refractivity contribution >= 4 is 27.0 Å². The lowest BCUT2D eigenvalue weighted by atomic mass is 10.1. The first kappa shape index (κ1) is 22.4. The van der Waals surface area contributed by atoms with Crippen LogP contribution in [0.4, 0.5) is 13.6 Å². The summed E-state index contributed by atoms with van der Waals surface area (Å²) in [7, 11) is -3.45. The number of hydrogen-bond donors (Lipinski definition) is 2. The van der Waals surface area contributed by atoms with Gasteiger partial charge in [0.25, 0.3) is 0 Å². The van der Waals surface area contributed by atoms with E-state index in [4.69, 9.17) is 5.11 Å². The molecule has 0 atom stereocenters. The summed E-state index contributed by atoms with van der Waals surface area (Å²) < 4.78 is 53.3. The van der Waals surface area contributed by atoms with Crippen molar-refractivity contribution in [3.63, 3.8) is 0 Å². The molecule has 0 aliphatic rings. The van der Waals surface area contributed by atoms with Gasteiger partial charge in [0.2, 0.25) is 0 Å². The number of halogens is 2. The van der Waals surface area contributed by atoms with E-state index in [0.717, 1.165) is 12.3 Å². The Labute approximate surface area is 178 Å². The van der Waals surface area contributed by atoms with Crippen molar-refractivity contribution in [1.82, 2.24) is 14.9 Å². The Hall–Kier alpha value is -3.27. The van der Waals surface area contributed by atoms with Gasteiger partial charge in [-0.3, -0.25) is 0 Å². The van der Waals surface area contributed by atoms with Gasteiger partial charge in [-0.2, -0.15) is 0 Å². The van der Waals surface area contributed by atoms with E-state index in [1.165, 1.54) is 18.2 Å². The van der Waals surface area contributed by atoms with Crippen LogP contribution in [0.25, 0.3) is 22.2 Å². The molecule has 3 rings (SSSR count). The van der Waals surface area contributed by atoms with Crippen molar-refractivity contribution in [2.75, 3.05) is 12.8 Å². The highest BCUT2D eigenvalue weighted by molar-refractivity contribution is 7.90. The van der Waals surface area contributed by atoms with Gasteiger partial charge in [0.15, 0.2) is 9.84 Å². The van der Waals surface area contributed by atoms with Crippen LogP contribution in [0.3, 0.4) is 0 Å². The average molecular weight is 449 g/mol. The molecule has 0 aliphatic carbocycles. The molecule has 1 amide bonds. The van der Waals surface area contributed by atoms with Gasteiger partial charge < -0.3 is 15.0 Å². The van der Waals surface area contributed by atoms with Crippen molar-refractivity contribution in [2.45, 2.75) is 25.0 Å². The van der Waals surface area contributed by atoms with Crippen LogP contribution in [0.1, 0.15) is 11.4 Å². The molecule has 3 aromatic rings. The second kappa shape index (κ2) is 8.84. The number of amides is 1. The number of carboxylic acid groups (broad SMARTS) is 1. The van der Waals surface area contributed by atoms with Gasteiger partial charge in [0, 0.05) is 24.1 Å². The Kier molecular flexibility index (Phi) is 6.40. The molecule has 0 spiro atoms. The second-order valence-corrected chi connectivity index (χ2v) is 9.00. The molecular formula is C21H21F2N3O4S. The van der Waals surface area contributed by atoms with Crippen LogP contribution in [0.2, 0.25) is 0 Å². The predicted molar refractivity (Wildman–Crippen MR) is 113 cm³/mol. The first-order valence-electron chi connectivity index (χ1n) is 9.28. The number of pyridine rings is 1. The Morgan fingerprint density at radius 1 is 1.29 bits per heavy atom. The zero-order valence-electron chi connectivity index (χ0n) is 16.9. The number of aromatic nitrogens is 2. The zero-order valence-corrected chi connectivity index (χ0v) is 17.7. The Balaban J connectivity index is 2.16. The molecule has 0 radical (unpaired) electrons. The number of allylic oxidation sites excluding steroid dienone is 1. The first-order chi connectivity index (χ1) is 14.6. The number of hydrogen-bond acceptors (Lipinski definition) is 4. The van der Waals surface area contributed by atoms with Crippen LogP contribution >= 0.6 is 0 Å². The Morgan fingerprint density at radius 2 is 2.03 bits per heavy atom. The van der Waals surface area contributed by atoms with Gasteiger partial charge in [0.05, 0.1) is 28.2 Å². The molecule has 0 saturated carbocycles. The molecule has 2 aromatic heterocycles. The number of sulfone groups is 1. The molecule has 2 heterocycles. The zero-order chi connectivity index (χ0) is 22.8. The van der Waals surface area contributed by atoms with E-state index in [2.05, 4.69) is 10.3 Å². The fraction of sp³-hybridized carbons (Fsp3) is 0.238. The molecule has 7 nitrogen and oxygen atoms in total. The van der Waals surface area contributed by atoms with E-state index in [9.17, 15) is 22.0 Å². The fourth-order valence-electron chi connectivity index (χ4n) is 3.35. The van der Waals surface area contributed by atoms with Crippen molar-refractivity contribution in [2.24, 2.45) is 0 Å². The van der Waals surface area contributed by atoms with Crippen LogP contribution in [0, 0.1) is 6.92 Å². The molecule has 31 heavy (non-hydrogen) atoms. The lowest BCUT2D eigenvalue weighted by molar-refractivity contribution is 0.195. The Morgan fingerprint density at radius 3 is 2.68 bits per heavy atom. The lowest BCUT2D eigenvalue weighted by Gasteiger charge is -2.08. The maximum Gasteiger partial charge on any atom is 0.404 e. The third-order valence-electron chi connectivity index (χ3n) is 4.80. The smallest absolute Gasteiger partial charge is 0.404 e. The van der Waals surface area contributed by atoms with Gasteiger partial charge in [-0.1, -0.05) is 12.1 Å². The van der Waals surface area contributed by atoms with E-state index in [-0.39, 0.29) is 23.7 Å². The monoisotopic (exact) mass is 449 g/mol. The minimum absolute atomic E-state index is 0.123. The van der Waals surface area contributed by atoms with Crippen molar-refractivity contribution < 1.29 is 27.1 Å². The fourth-order valence-corrected chi connectivity index (χ4v) is 4.02. The van der Waals surface area contributed by atoms with E-state index in [1.54, 1.807) is 29.7 Å². The lowest BCUT2D eigenvalue weighted by Crippen LogP contribution is -2.20. The maximum atomic E-state index is 14.5. The number of nitrogens with zero attached hydrogens (tertiary/aromatic N) is 2. The summed E-state index contributed by atoms with van der Waals surface area (Å²) in [6.07, 6.45) is 0.961. The summed E-state index contributed by atoms with van der Waals surface area (Å²) in [5, 5.41) is 10.7. The van der Waals surface area contributed by atoms with Crippen LogP contribution in [0.5, 0.6) is 0 Å².